The van der Waals surface area contributed by atoms with E-state index in [2.05, 4.69) is 15.5 Å². The lowest BCUT2D eigenvalue weighted by Gasteiger charge is -2.05. The fourth-order valence-electron chi connectivity index (χ4n) is 1.55. The normalized spacial score (nSPS) is 12.7. The quantitative estimate of drug-likeness (QED) is 0.926. The zero-order chi connectivity index (χ0) is 13.1. The zero-order valence-corrected chi connectivity index (χ0v) is 10.8. The molecule has 0 radical (unpaired) electrons. The van der Waals surface area contributed by atoms with Gasteiger partial charge in [0.1, 0.15) is 5.82 Å². The first kappa shape index (κ1) is 13.0. The van der Waals surface area contributed by atoms with Gasteiger partial charge in [-0.2, -0.15) is 0 Å². The predicted molar refractivity (Wildman–Crippen MR) is 66.8 cm³/mol. The molecular weight excluding hydrogens is 257 g/mol. The monoisotopic (exact) mass is 269 g/mol. The summed E-state index contributed by atoms with van der Waals surface area (Å²) in [6.07, 6.45) is 0. The van der Waals surface area contributed by atoms with Crippen molar-refractivity contribution in [3.63, 3.8) is 0 Å². The van der Waals surface area contributed by atoms with E-state index in [-0.39, 0.29) is 11.1 Å². The molecular formula is C12H13ClFN3O. The largest absolute Gasteiger partial charge is 0.419 e. The van der Waals surface area contributed by atoms with Gasteiger partial charge in [0.25, 0.3) is 0 Å². The molecule has 18 heavy (non-hydrogen) atoms. The van der Waals surface area contributed by atoms with Crippen molar-refractivity contribution in [2.45, 2.75) is 19.9 Å². The Labute approximate surface area is 109 Å². The molecule has 1 aromatic heterocycles. The van der Waals surface area contributed by atoms with Crippen LogP contribution in [0, 0.1) is 5.82 Å². The van der Waals surface area contributed by atoms with Crippen molar-refractivity contribution in [2.75, 3.05) is 6.54 Å². The average Bonchev–Trinajstić information content (AvgIpc) is 2.82. The molecule has 0 saturated carbocycles. The molecule has 1 aromatic carbocycles. The number of hydrogen-bond donors (Lipinski definition) is 1. The van der Waals surface area contributed by atoms with E-state index in [1.807, 2.05) is 13.8 Å². The van der Waals surface area contributed by atoms with Gasteiger partial charge < -0.3 is 9.73 Å². The lowest BCUT2D eigenvalue weighted by atomic mass is 10.2. The maximum Gasteiger partial charge on any atom is 0.247 e. The minimum atomic E-state index is -0.471. The maximum atomic E-state index is 13.0. The highest BCUT2D eigenvalue weighted by molar-refractivity contribution is 6.31. The number of hydrogen-bond acceptors (Lipinski definition) is 4. The second-order valence-corrected chi connectivity index (χ2v) is 4.26. The summed E-state index contributed by atoms with van der Waals surface area (Å²) >= 11 is 5.71. The lowest BCUT2D eigenvalue weighted by molar-refractivity contribution is 0.429. The van der Waals surface area contributed by atoms with Gasteiger partial charge in [0, 0.05) is 5.56 Å². The molecule has 0 aliphatic carbocycles. The smallest absolute Gasteiger partial charge is 0.247 e. The minimum absolute atomic E-state index is 0.0211. The van der Waals surface area contributed by atoms with Crippen molar-refractivity contribution in [3.05, 3.63) is 34.9 Å². The van der Waals surface area contributed by atoms with Crippen LogP contribution in [0.25, 0.3) is 11.5 Å². The minimum Gasteiger partial charge on any atom is -0.419 e. The molecule has 0 fully saturated rings. The van der Waals surface area contributed by atoms with Crippen molar-refractivity contribution in [2.24, 2.45) is 0 Å². The highest BCUT2D eigenvalue weighted by atomic mass is 35.5. The standard InChI is InChI=1S/C12H13ClFN3O/c1-3-15-7(2)11-16-17-12(18-11)8-4-5-10(14)9(13)6-8/h4-7,15H,3H2,1-2H3. The van der Waals surface area contributed by atoms with Gasteiger partial charge in [-0.1, -0.05) is 18.5 Å². The fraction of sp³-hybridized carbons (Fsp3) is 0.333. The first-order chi connectivity index (χ1) is 8.61. The van der Waals surface area contributed by atoms with Crippen molar-refractivity contribution in [3.8, 4) is 11.5 Å². The van der Waals surface area contributed by atoms with Gasteiger partial charge >= 0.3 is 0 Å². The van der Waals surface area contributed by atoms with E-state index in [0.29, 0.717) is 17.3 Å². The first-order valence-corrected chi connectivity index (χ1v) is 6.01. The number of halogens is 2. The Balaban J connectivity index is 2.26. The molecule has 0 bridgehead atoms. The van der Waals surface area contributed by atoms with Crippen LogP contribution in [-0.4, -0.2) is 16.7 Å². The van der Waals surface area contributed by atoms with Gasteiger partial charge in [0.05, 0.1) is 11.1 Å². The van der Waals surface area contributed by atoms with Crippen LogP contribution in [0.3, 0.4) is 0 Å². The van der Waals surface area contributed by atoms with E-state index in [4.69, 9.17) is 16.0 Å². The van der Waals surface area contributed by atoms with Crippen LogP contribution in [0.1, 0.15) is 25.8 Å². The SMILES string of the molecule is CCNC(C)c1nnc(-c2ccc(F)c(Cl)c2)o1. The summed E-state index contributed by atoms with van der Waals surface area (Å²) in [5.41, 5.74) is 0.601. The molecule has 0 aliphatic rings. The van der Waals surface area contributed by atoms with E-state index in [1.54, 1.807) is 6.07 Å². The molecule has 2 rings (SSSR count). The van der Waals surface area contributed by atoms with E-state index in [9.17, 15) is 4.39 Å². The molecule has 2 aromatic rings. The Morgan fingerprint density at radius 1 is 1.44 bits per heavy atom. The predicted octanol–water partition coefficient (Wildman–Crippen LogP) is 3.20. The topological polar surface area (TPSA) is 51.0 Å². The summed E-state index contributed by atoms with van der Waals surface area (Å²) in [5, 5.41) is 11.1. The summed E-state index contributed by atoms with van der Waals surface area (Å²) in [6, 6.07) is 4.27. The zero-order valence-electron chi connectivity index (χ0n) is 10.1. The Kier molecular flexibility index (Phi) is 3.93. The molecule has 0 saturated heterocycles. The van der Waals surface area contributed by atoms with Crippen LogP contribution in [0.2, 0.25) is 5.02 Å². The molecule has 1 N–H and O–H groups in total. The van der Waals surface area contributed by atoms with Gasteiger partial charge in [-0.15, -0.1) is 10.2 Å². The first-order valence-electron chi connectivity index (χ1n) is 5.64. The molecule has 0 spiro atoms. The van der Waals surface area contributed by atoms with Crippen LogP contribution < -0.4 is 5.32 Å². The number of aromatic nitrogens is 2. The van der Waals surface area contributed by atoms with Crippen molar-refractivity contribution < 1.29 is 8.81 Å². The van der Waals surface area contributed by atoms with E-state index >= 15 is 0 Å². The van der Waals surface area contributed by atoms with E-state index in [0.717, 1.165) is 6.54 Å². The Morgan fingerprint density at radius 2 is 2.22 bits per heavy atom. The number of nitrogens with one attached hydrogen (secondary N) is 1. The van der Waals surface area contributed by atoms with Crippen molar-refractivity contribution in [1.82, 2.24) is 15.5 Å². The Hall–Kier alpha value is -1.46. The lowest BCUT2D eigenvalue weighted by Crippen LogP contribution is -2.17. The third kappa shape index (κ3) is 2.68. The third-order valence-electron chi connectivity index (χ3n) is 2.49. The van der Waals surface area contributed by atoms with Crippen LogP contribution in [0.4, 0.5) is 4.39 Å². The number of rotatable bonds is 4. The second-order valence-electron chi connectivity index (χ2n) is 3.85. The third-order valence-corrected chi connectivity index (χ3v) is 2.78. The highest BCUT2D eigenvalue weighted by Crippen LogP contribution is 2.25. The van der Waals surface area contributed by atoms with Crippen LogP contribution in [-0.2, 0) is 0 Å². The van der Waals surface area contributed by atoms with Crippen LogP contribution in [0.15, 0.2) is 22.6 Å². The number of nitrogens with zero attached hydrogens (tertiary/aromatic N) is 2. The van der Waals surface area contributed by atoms with Crippen LogP contribution >= 0.6 is 11.6 Å². The molecule has 0 aliphatic heterocycles. The summed E-state index contributed by atoms with van der Waals surface area (Å²) in [5.74, 6) is 0.352. The molecule has 1 heterocycles. The van der Waals surface area contributed by atoms with Gasteiger partial charge in [-0.25, -0.2) is 4.39 Å². The van der Waals surface area contributed by atoms with Crippen molar-refractivity contribution >= 4 is 11.6 Å². The average molecular weight is 270 g/mol. The maximum absolute atomic E-state index is 13.0. The van der Waals surface area contributed by atoms with Crippen molar-refractivity contribution in [1.29, 1.82) is 0 Å². The second kappa shape index (κ2) is 5.46. The summed E-state index contributed by atoms with van der Waals surface area (Å²) in [7, 11) is 0. The summed E-state index contributed by atoms with van der Waals surface area (Å²) in [6.45, 7) is 4.73. The molecule has 6 heteroatoms. The molecule has 96 valence electrons. The van der Waals surface area contributed by atoms with Gasteiger partial charge in [0.2, 0.25) is 11.8 Å². The Bertz CT molecular complexity index is 544. The van der Waals surface area contributed by atoms with Crippen LogP contribution in [0.5, 0.6) is 0 Å². The summed E-state index contributed by atoms with van der Waals surface area (Å²) in [4.78, 5) is 0. The summed E-state index contributed by atoms with van der Waals surface area (Å²) < 4.78 is 18.6. The van der Waals surface area contributed by atoms with Gasteiger partial charge in [-0.05, 0) is 31.7 Å². The fourth-order valence-corrected chi connectivity index (χ4v) is 1.73. The Morgan fingerprint density at radius 3 is 2.89 bits per heavy atom. The molecule has 1 unspecified atom stereocenters. The van der Waals surface area contributed by atoms with E-state index < -0.39 is 5.82 Å². The highest BCUT2D eigenvalue weighted by Gasteiger charge is 2.14. The van der Waals surface area contributed by atoms with E-state index in [1.165, 1.54) is 12.1 Å². The van der Waals surface area contributed by atoms with Gasteiger partial charge in [-0.3, -0.25) is 0 Å². The molecule has 1 atom stereocenters. The number of benzene rings is 1. The molecule has 0 amide bonds. The molecule has 4 nitrogen and oxygen atoms in total. The van der Waals surface area contributed by atoms with Gasteiger partial charge in [0.15, 0.2) is 0 Å².